The molecule has 0 spiro atoms. The zero-order valence-electron chi connectivity index (χ0n) is 12.3. The highest BCUT2D eigenvalue weighted by atomic mass is 19.1. The van der Waals surface area contributed by atoms with Crippen molar-refractivity contribution in [3.63, 3.8) is 0 Å². The van der Waals surface area contributed by atoms with Crippen LogP contribution in [-0.2, 0) is 6.54 Å². The second-order valence-electron chi connectivity index (χ2n) is 4.91. The van der Waals surface area contributed by atoms with E-state index in [4.69, 9.17) is 5.73 Å². The van der Waals surface area contributed by atoms with Gasteiger partial charge in [0.25, 0.3) is 5.91 Å². The summed E-state index contributed by atoms with van der Waals surface area (Å²) in [7, 11) is 0. The van der Waals surface area contributed by atoms with Gasteiger partial charge in [-0.05, 0) is 6.07 Å². The number of aromatic nitrogens is 4. The third kappa shape index (κ3) is 3.35. The van der Waals surface area contributed by atoms with Crippen molar-refractivity contribution in [3.05, 3.63) is 65.9 Å². The van der Waals surface area contributed by atoms with E-state index in [0.29, 0.717) is 5.69 Å². The van der Waals surface area contributed by atoms with Gasteiger partial charge < -0.3 is 11.1 Å². The maximum absolute atomic E-state index is 13.6. The molecule has 0 aliphatic carbocycles. The molecule has 1 aromatic carbocycles. The number of halogens is 2. The number of rotatable bonds is 4. The van der Waals surface area contributed by atoms with Gasteiger partial charge in [-0.15, -0.1) is 0 Å². The first-order valence-corrected chi connectivity index (χ1v) is 6.87. The summed E-state index contributed by atoms with van der Waals surface area (Å²) in [6.07, 6.45) is 5.63. The summed E-state index contributed by atoms with van der Waals surface area (Å²) in [4.78, 5) is 19.7. The smallest absolute Gasteiger partial charge is 0.278 e. The van der Waals surface area contributed by atoms with E-state index in [1.807, 2.05) is 0 Å². The van der Waals surface area contributed by atoms with Crippen molar-refractivity contribution in [1.29, 1.82) is 0 Å². The molecule has 1 amide bonds. The van der Waals surface area contributed by atoms with Crippen LogP contribution in [-0.4, -0.2) is 25.7 Å². The number of nitrogens with zero attached hydrogens (tertiary/aromatic N) is 4. The second kappa shape index (κ2) is 6.41. The van der Waals surface area contributed by atoms with Gasteiger partial charge in [-0.2, -0.15) is 5.10 Å². The average molecular weight is 330 g/mol. The predicted octanol–water partition coefficient (Wildman–Crippen LogP) is 1.83. The molecule has 2 heterocycles. The van der Waals surface area contributed by atoms with Crippen LogP contribution >= 0.6 is 0 Å². The van der Waals surface area contributed by atoms with Gasteiger partial charge >= 0.3 is 0 Å². The van der Waals surface area contributed by atoms with Crippen molar-refractivity contribution < 1.29 is 13.6 Å². The molecule has 122 valence electrons. The molecule has 7 nitrogen and oxygen atoms in total. The Morgan fingerprint density at radius 2 is 2.04 bits per heavy atom. The molecule has 0 fully saturated rings. The van der Waals surface area contributed by atoms with Crippen molar-refractivity contribution in [1.82, 2.24) is 19.7 Å². The topological polar surface area (TPSA) is 98.7 Å². The highest BCUT2D eigenvalue weighted by Crippen LogP contribution is 2.14. The molecule has 0 unspecified atom stereocenters. The summed E-state index contributed by atoms with van der Waals surface area (Å²) in [6.45, 7) is 0.0925. The van der Waals surface area contributed by atoms with Crippen LogP contribution in [0.25, 0.3) is 0 Å². The summed E-state index contributed by atoms with van der Waals surface area (Å²) in [5.74, 6) is -1.83. The minimum atomic E-state index is -0.664. The standard InChI is InChI=1S/C15H12F2N6O/c16-10-2-1-9(12(17)5-10)7-23-8-11(6-21-23)22-15(24)13-14(18)20-4-3-19-13/h1-6,8H,7H2,(H2,18,20)(H,22,24). The van der Waals surface area contributed by atoms with Gasteiger partial charge in [0.1, 0.15) is 11.6 Å². The number of hydrogen-bond acceptors (Lipinski definition) is 5. The Hall–Kier alpha value is -3.36. The third-order valence-electron chi connectivity index (χ3n) is 3.18. The van der Waals surface area contributed by atoms with E-state index in [1.165, 1.54) is 41.6 Å². The molecular weight excluding hydrogens is 318 g/mol. The Morgan fingerprint density at radius 1 is 1.25 bits per heavy atom. The number of benzene rings is 1. The van der Waals surface area contributed by atoms with Crippen molar-refractivity contribution >= 4 is 17.4 Å². The molecule has 24 heavy (non-hydrogen) atoms. The van der Waals surface area contributed by atoms with Crippen molar-refractivity contribution in [2.45, 2.75) is 6.54 Å². The van der Waals surface area contributed by atoms with Gasteiger partial charge in [0, 0.05) is 30.2 Å². The fourth-order valence-electron chi connectivity index (χ4n) is 2.05. The van der Waals surface area contributed by atoms with E-state index in [0.717, 1.165) is 6.07 Å². The molecule has 0 bridgehead atoms. The maximum Gasteiger partial charge on any atom is 0.278 e. The van der Waals surface area contributed by atoms with Gasteiger partial charge in [0.15, 0.2) is 11.5 Å². The molecule has 0 aliphatic heterocycles. The molecule has 3 rings (SSSR count). The van der Waals surface area contributed by atoms with E-state index in [9.17, 15) is 13.6 Å². The van der Waals surface area contributed by atoms with Crippen LogP contribution in [0.5, 0.6) is 0 Å². The summed E-state index contributed by atoms with van der Waals surface area (Å²) in [5, 5.41) is 6.59. The number of hydrogen-bond donors (Lipinski definition) is 2. The highest BCUT2D eigenvalue weighted by Gasteiger charge is 2.13. The summed E-state index contributed by atoms with van der Waals surface area (Å²) in [6, 6.07) is 3.31. The fraction of sp³-hybridized carbons (Fsp3) is 0.0667. The second-order valence-corrected chi connectivity index (χ2v) is 4.91. The number of carbonyl (C=O) groups excluding carboxylic acids is 1. The first kappa shape index (κ1) is 15.5. The Bertz CT molecular complexity index is 895. The number of nitrogens with one attached hydrogen (secondary N) is 1. The molecule has 3 N–H and O–H groups in total. The van der Waals surface area contributed by atoms with E-state index >= 15 is 0 Å². The summed E-state index contributed by atoms with van der Waals surface area (Å²) >= 11 is 0. The molecule has 0 radical (unpaired) electrons. The molecule has 3 aromatic rings. The van der Waals surface area contributed by atoms with E-state index in [2.05, 4.69) is 20.4 Å². The Labute approximate surface area is 135 Å². The van der Waals surface area contributed by atoms with Gasteiger partial charge in [0.2, 0.25) is 0 Å². The van der Waals surface area contributed by atoms with Crippen LogP contribution in [0.1, 0.15) is 16.1 Å². The first-order chi connectivity index (χ1) is 11.5. The average Bonchev–Trinajstić information content (AvgIpc) is 2.97. The Morgan fingerprint density at radius 3 is 2.79 bits per heavy atom. The molecular formula is C15H12F2N6O. The lowest BCUT2D eigenvalue weighted by atomic mass is 10.2. The van der Waals surface area contributed by atoms with E-state index < -0.39 is 17.5 Å². The number of amides is 1. The molecule has 0 aliphatic rings. The maximum atomic E-state index is 13.6. The third-order valence-corrected chi connectivity index (χ3v) is 3.18. The summed E-state index contributed by atoms with van der Waals surface area (Å²) in [5.41, 5.74) is 6.23. The molecule has 0 atom stereocenters. The zero-order chi connectivity index (χ0) is 17.1. The normalized spacial score (nSPS) is 10.6. The van der Waals surface area contributed by atoms with Crippen LogP contribution in [0.2, 0.25) is 0 Å². The quantitative estimate of drug-likeness (QED) is 0.760. The molecule has 0 saturated heterocycles. The van der Waals surface area contributed by atoms with Gasteiger partial charge in [0.05, 0.1) is 18.4 Å². The van der Waals surface area contributed by atoms with Crippen LogP contribution in [0.4, 0.5) is 20.3 Å². The largest absolute Gasteiger partial charge is 0.382 e. The molecule has 9 heteroatoms. The van der Waals surface area contributed by atoms with Crippen molar-refractivity contribution in [3.8, 4) is 0 Å². The minimum absolute atomic E-state index is 0.00479. The number of anilines is 2. The lowest BCUT2D eigenvalue weighted by molar-refractivity contribution is 0.102. The van der Waals surface area contributed by atoms with Gasteiger partial charge in [-0.3, -0.25) is 9.48 Å². The van der Waals surface area contributed by atoms with Crippen LogP contribution in [0, 0.1) is 11.6 Å². The van der Waals surface area contributed by atoms with Crippen LogP contribution in [0.3, 0.4) is 0 Å². The number of carbonyl (C=O) groups is 1. The van der Waals surface area contributed by atoms with E-state index in [1.54, 1.807) is 0 Å². The summed E-state index contributed by atoms with van der Waals surface area (Å²) < 4.78 is 27.9. The minimum Gasteiger partial charge on any atom is -0.382 e. The monoisotopic (exact) mass is 330 g/mol. The Balaban J connectivity index is 1.72. The van der Waals surface area contributed by atoms with Crippen molar-refractivity contribution in [2.24, 2.45) is 0 Å². The molecule has 0 saturated carbocycles. The fourth-order valence-corrected chi connectivity index (χ4v) is 2.05. The van der Waals surface area contributed by atoms with Crippen molar-refractivity contribution in [2.75, 3.05) is 11.1 Å². The molecule has 2 aromatic heterocycles. The van der Waals surface area contributed by atoms with Gasteiger partial charge in [-0.25, -0.2) is 18.7 Å². The van der Waals surface area contributed by atoms with E-state index in [-0.39, 0.29) is 23.6 Å². The lowest BCUT2D eigenvalue weighted by Gasteiger charge is -2.04. The zero-order valence-corrected chi connectivity index (χ0v) is 12.3. The number of nitrogen functional groups attached to an aromatic ring is 1. The predicted molar refractivity (Wildman–Crippen MR) is 82.1 cm³/mol. The Kier molecular flexibility index (Phi) is 4.15. The van der Waals surface area contributed by atoms with Gasteiger partial charge in [-0.1, -0.05) is 6.07 Å². The van der Waals surface area contributed by atoms with Crippen LogP contribution in [0.15, 0.2) is 43.0 Å². The first-order valence-electron chi connectivity index (χ1n) is 6.87. The SMILES string of the molecule is Nc1nccnc1C(=O)Nc1cnn(Cc2ccc(F)cc2F)c1. The number of nitrogens with two attached hydrogens (primary N) is 1. The lowest BCUT2D eigenvalue weighted by Crippen LogP contribution is -2.16. The highest BCUT2D eigenvalue weighted by molar-refractivity contribution is 6.05. The van der Waals surface area contributed by atoms with Crippen LogP contribution < -0.4 is 11.1 Å².